The number of fused-ring (bicyclic) bond motifs is 4. The summed E-state index contributed by atoms with van der Waals surface area (Å²) in [7, 11) is 0. The maximum atomic E-state index is 13.8. The number of nitriles is 1. The Bertz CT molecular complexity index is 1270. The van der Waals surface area contributed by atoms with Crippen molar-refractivity contribution in [2.24, 2.45) is 0 Å². The van der Waals surface area contributed by atoms with Gasteiger partial charge in [-0.25, -0.2) is 0 Å². The van der Waals surface area contributed by atoms with Gasteiger partial charge >= 0.3 is 0 Å². The number of anilines is 1. The van der Waals surface area contributed by atoms with Crippen LogP contribution in [0.3, 0.4) is 0 Å². The second-order valence-electron chi connectivity index (χ2n) is 9.72. The Morgan fingerprint density at radius 3 is 2.50 bits per heavy atom. The van der Waals surface area contributed by atoms with Crippen molar-refractivity contribution in [2.75, 3.05) is 31.1 Å². The summed E-state index contributed by atoms with van der Waals surface area (Å²) in [5, 5.41) is 10.2. The highest BCUT2D eigenvalue weighted by Crippen LogP contribution is 2.43. The topological polar surface area (TPSA) is 63.1 Å². The number of hydrogen-bond donors (Lipinski definition) is 1. The Labute approximate surface area is 188 Å². The lowest BCUT2D eigenvalue weighted by molar-refractivity contribution is 0.103. The number of nitrogens with zero attached hydrogens (tertiary/aromatic N) is 3. The molecule has 1 aromatic heterocycles. The molecule has 0 bridgehead atoms. The van der Waals surface area contributed by atoms with Gasteiger partial charge in [-0.05, 0) is 54.7 Å². The molecule has 0 spiro atoms. The van der Waals surface area contributed by atoms with Crippen molar-refractivity contribution in [3.8, 4) is 6.07 Å². The van der Waals surface area contributed by atoms with Crippen LogP contribution in [0.4, 0.5) is 5.69 Å². The molecule has 2 heterocycles. The number of piperazine rings is 1. The molecule has 5 heteroatoms. The zero-order valence-electron chi connectivity index (χ0n) is 18.7. The van der Waals surface area contributed by atoms with Crippen molar-refractivity contribution in [1.29, 1.82) is 5.26 Å². The molecule has 5 nitrogen and oxygen atoms in total. The molecular weight excluding hydrogens is 396 g/mol. The summed E-state index contributed by atoms with van der Waals surface area (Å²) in [6.45, 7) is 8.80. The summed E-state index contributed by atoms with van der Waals surface area (Å²) >= 11 is 0. The monoisotopic (exact) mass is 424 g/mol. The molecule has 2 aliphatic carbocycles. The average molecular weight is 425 g/mol. The van der Waals surface area contributed by atoms with E-state index < -0.39 is 0 Å². The minimum absolute atomic E-state index is 0.0901. The van der Waals surface area contributed by atoms with Gasteiger partial charge in [-0.2, -0.15) is 5.26 Å². The summed E-state index contributed by atoms with van der Waals surface area (Å²) in [6, 6.07) is 15.0. The van der Waals surface area contributed by atoms with E-state index in [0.717, 1.165) is 65.5 Å². The Hall–Kier alpha value is -3.10. The molecule has 2 aromatic carbocycles. The molecule has 1 saturated carbocycles. The van der Waals surface area contributed by atoms with Gasteiger partial charge in [0.1, 0.15) is 0 Å². The maximum absolute atomic E-state index is 13.8. The molecular formula is C27H28N4O. The summed E-state index contributed by atoms with van der Waals surface area (Å²) in [6.07, 6.45) is 2.73. The van der Waals surface area contributed by atoms with Crippen LogP contribution in [-0.2, 0) is 0 Å². The third-order valence-electron chi connectivity index (χ3n) is 7.90. The van der Waals surface area contributed by atoms with Crippen molar-refractivity contribution in [3.63, 3.8) is 0 Å². The van der Waals surface area contributed by atoms with Gasteiger partial charge in [0.2, 0.25) is 0 Å². The van der Waals surface area contributed by atoms with Gasteiger partial charge in [0.25, 0.3) is 0 Å². The number of carbonyl (C=O) groups excluding carboxylic acids is 1. The van der Waals surface area contributed by atoms with Crippen molar-refractivity contribution < 1.29 is 4.79 Å². The molecule has 6 rings (SSSR count). The molecule has 3 aliphatic rings. The zero-order chi connectivity index (χ0) is 22.0. The van der Waals surface area contributed by atoms with Crippen molar-refractivity contribution in [2.45, 2.75) is 44.6 Å². The van der Waals surface area contributed by atoms with Crippen LogP contribution in [0, 0.1) is 11.3 Å². The summed E-state index contributed by atoms with van der Waals surface area (Å²) in [5.74, 6) is 0.480. The standard InChI is InChI=1S/C27H28N4O/c1-16-17(2)26-25(22-7-3-18(15-28)13-24(22)29-26)27(32)21-8-6-20(14-23(16)21)31-11-9-30(10-12-31)19-4-5-19/h3,6-8,13-14,16-17,19,29H,4-5,9-12H2,1-2H3. The van der Waals surface area contributed by atoms with Gasteiger partial charge in [0, 0.05) is 66.0 Å². The summed E-state index contributed by atoms with van der Waals surface area (Å²) < 4.78 is 0. The molecule has 32 heavy (non-hydrogen) atoms. The van der Waals surface area contributed by atoms with Crippen LogP contribution in [0.25, 0.3) is 10.9 Å². The number of benzene rings is 2. The fourth-order valence-electron chi connectivity index (χ4n) is 5.64. The van der Waals surface area contributed by atoms with Crippen LogP contribution in [0.15, 0.2) is 36.4 Å². The first-order valence-electron chi connectivity index (χ1n) is 11.8. The van der Waals surface area contributed by atoms with E-state index in [1.807, 2.05) is 18.2 Å². The largest absolute Gasteiger partial charge is 0.369 e. The molecule has 162 valence electrons. The highest BCUT2D eigenvalue weighted by Gasteiger charge is 2.35. The number of aromatic amines is 1. The lowest BCUT2D eigenvalue weighted by Gasteiger charge is -2.36. The molecule has 1 N–H and O–H groups in total. The van der Waals surface area contributed by atoms with E-state index in [1.165, 1.54) is 18.5 Å². The Morgan fingerprint density at radius 2 is 1.78 bits per heavy atom. The van der Waals surface area contributed by atoms with Crippen LogP contribution in [0.2, 0.25) is 0 Å². The number of nitrogens with one attached hydrogen (secondary N) is 1. The van der Waals surface area contributed by atoms with Crippen molar-refractivity contribution >= 4 is 22.4 Å². The quantitative estimate of drug-likeness (QED) is 0.643. The van der Waals surface area contributed by atoms with Gasteiger partial charge in [-0.1, -0.05) is 19.9 Å². The summed E-state index contributed by atoms with van der Waals surface area (Å²) in [4.78, 5) is 22.3. The Balaban J connectivity index is 1.39. The highest BCUT2D eigenvalue weighted by molar-refractivity contribution is 6.19. The van der Waals surface area contributed by atoms with E-state index in [0.29, 0.717) is 5.56 Å². The van der Waals surface area contributed by atoms with Crippen molar-refractivity contribution in [3.05, 3.63) is 64.3 Å². The van der Waals surface area contributed by atoms with E-state index in [-0.39, 0.29) is 17.6 Å². The van der Waals surface area contributed by atoms with E-state index in [4.69, 9.17) is 0 Å². The molecule has 2 atom stereocenters. The molecule has 2 unspecified atom stereocenters. The van der Waals surface area contributed by atoms with Crippen molar-refractivity contribution in [1.82, 2.24) is 9.88 Å². The Kier molecular flexibility index (Phi) is 4.41. The molecule has 2 fully saturated rings. The second-order valence-corrected chi connectivity index (χ2v) is 9.72. The van der Waals surface area contributed by atoms with E-state index in [2.05, 4.69) is 46.8 Å². The number of rotatable bonds is 2. The molecule has 1 aliphatic heterocycles. The number of H-pyrrole nitrogens is 1. The lowest BCUT2D eigenvalue weighted by atomic mass is 9.86. The summed E-state index contributed by atoms with van der Waals surface area (Å²) in [5.41, 5.74) is 6.44. The Morgan fingerprint density at radius 1 is 1.00 bits per heavy atom. The van der Waals surface area contributed by atoms with E-state index in [1.54, 1.807) is 6.07 Å². The minimum Gasteiger partial charge on any atom is -0.369 e. The van der Waals surface area contributed by atoms with Crippen LogP contribution in [0.5, 0.6) is 0 Å². The fourth-order valence-corrected chi connectivity index (χ4v) is 5.64. The molecule has 3 aromatic rings. The number of carbonyl (C=O) groups is 1. The van der Waals surface area contributed by atoms with Crippen LogP contribution in [-0.4, -0.2) is 47.9 Å². The molecule has 1 saturated heterocycles. The predicted molar refractivity (Wildman–Crippen MR) is 127 cm³/mol. The SMILES string of the molecule is CC1c2cc(N3CCN(C4CC4)CC3)ccc2C(=O)c2c([nH]c3cc(C#N)ccc23)C1C. The van der Waals surface area contributed by atoms with Gasteiger partial charge in [0.15, 0.2) is 5.78 Å². The number of ketones is 1. The third-order valence-corrected chi connectivity index (χ3v) is 7.90. The smallest absolute Gasteiger partial charge is 0.195 e. The first-order valence-corrected chi connectivity index (χ1v) is 11.8. The second kappa shape index (κ2) is 7.21. The number of aromatic nitrogens is 1. The minimum atomic E-state index is 0.0901. The zero-order valence-corrected chi connectivity index (χ0v) is 18.7. The normalized spacial score (nSPS) is 23.5. The lowest BCUT2D eigenvalue weighted by Crippen LogP contribution is -2.47. The van der Waals surface area contributed by atoms with Crippen LogP contribution < -0.4 is 4.90 Å². The van der Waals surface area contributed by atoms with Crippen LogP contribution in [0.1, 0.15) is 71.3 Å². The van der Waals surface area contributed by atoms with Crippen LogP contribution >= 0.6 is 0 Å². The first-order chi connectivity index (χ1) is 15.5. The average Bonchev–Trinajstić information content (AvgIpc) is 3.62. The predicted octanol–water partition coefficient (Wildman–Crippen LogP) is 4.78. The van der Waals surface area contributed by atoms with E-state index >= 15 is 0 Å². The maximum Gasteiger partial charge on any atom is 0.195 e. The van der Waals surface area contributed by atoms with E-state index in [9.17, 15) is 10.1 Å². The first kappa shape index (κ1) is 19.6. The van der Waals surface area contributed by atoms with Gasteiger partial charge in [0.05, 0.1) is 17.2 Å². The third kappa shape index (κ3) is 2.97. The van der Waals surface area contributed by atoms with Gasteiger partial charge in [-0.15, -0.1) is 0 Å². The number of hydrogen-bond acceptors (Lipinski definition) is 4. The highest BCUT2D eigenvalue weighted by atomic mass is 16.1. The van der Waals surface area contributed by atoms with Gasteiger partial charge in [-0.3, -0.25) is 9.69 Å². The molecule has 0 radical (unpaired) electrons. The fraction of sp³-hybridized carbons (Fsp3) is 0.407. The molecule has 0 amide bonds. The van der Waals surface area contributed by atoms with Gasteiger partial charge < -0.3 is 9.88 Å².